The minimum Gasteiger partial charge on any atom is -0.365 e. The Hall–Kier alpha value is -0.760. The van der Waals surface area contributed by atoms with E-state index in [9.17, 15) is 0 Å². The zero-order chi connectivity index (χ0) is 11.5. The lowest BCUT2D eigenvalue weighted by Gasteiger charge is -2.40. The molecule has 1 aliphatic heterocycles. The first kappa shape index (κ1) is 11.7. The van der Waals surface area contributed by atoms with Gasteiger partial charge in [0.25, 0.3) is 0 Å². The summed E-state index contributed by atoms with van der Waals surface area (Å²) in [6.07, 6.45) is 7.10. The number of hydrogen-bond donors (Lipinski definition) is 1. The Labute approximate surface area is 99.0 Å². The molecule has 0 saturated carbocycles. The number of aromatic nitrogens is 1. The normalized spacial score (nSPS) is 25.7. The van der Waals surface area contributed by atoms with E-state index in [0.717, 1.165) is 0 Å². The maximum Gasteiger partial charge on any atom is 0.0368 e. The van der Waals surface area contributed by atoms with Crippen molar-refractivity contribution in [3.05, 3.63) is 23.5 Å². The van der Waals surface area contributed by atoms with Gasteiger partial charge in [0.05, 0.1) is 0 Å². The summed E-state index contributed by atoms with van der Waals surface area (Å²) in [7, 11) is 0. The van der Waals surface area contributed by atoms with Crippen LogP contribution in [0.25, 0.3) is 0 Å². The van der Waals surface area contributed by atoms with Gasteiger partial charge in [0, 0.05) is 30.4 Å². The average Bonchev–Trinajstić information content (AvgIpc) is 2.71. The van der Waals surface area contributed by atoms with Crippen molar-refractivity contribution in [1.29, 1.82) is 0 Å². The third-order valence-corrected chi connectivity index (χ3v) is 3.74. The van der Waals surface area contributed by atoms with E-state index in [0.29, 0.717) is 12.1 Å². The van der Waals surface area contributed by atoms with Gasteiger partial charge in [0.15, 0.2) is 0 Å². The molecule has 2 atom stereocenters. The highest BCUT2D eigenvalue weighted by atomic mass is 15.2. The molecular weight excluding hydrogens is 196 g/mol. The van der Waals surface area contributed by atoms with Crippen LogP contribution in [0.15, 0.2) is 12.3 Å². The van der Waals surface area contributed by atoms with Gasteiger partial charge in [-0.2, -0.15) is 0 Å². The highest BCUT2D eigenvalue weighted by molar-refractivity contribution is 5.28. The molecule has 1 aromatic heterocycles. The molecule has 0 unspecified atom stereocenters. The fourth-order valence-electron chi connectivity index (χ4n) is 3.03. The summed E-state index contributed by atoms with van der Waals surface area (Å²) >= 11 is 0. The third kappa shape index (κ3) is 2.03. The lowest BCUT2D eigenvalue weighted by molar-refractivity contribution is 0.119. The summed E-state index contributed by atoms with van der Waals surface area (Å²) in [5, 5.41) is 0. The largest absolute Gasteiger partial charge is 0.365 e. The number of nitrogens with one attached hydrogen (secondary N) is 1. The maximum absolute atomic E-state index is 3.41. The van der Waals surface area contributed by atoms with Gasteiger partial charge in [-0.05, 0) is 37.9 Å². The first-order chi connectivity index (χ1) is 7.77. The van der Waals surface area contributed by atoms with Crippen molar-refractivity contribution in [2.75, 3.05) is 6.54 Å². The van der Waals surface area contributed by atoms with E-state index in [4.69, 9.17) is 0 Å². The number of aromatic amines is 1. The van der Waals surface area contributed by atoms with Crippen LogP contribution in [-0.2, 0) is 6.42 Å². The molecule has 0 fully saturated rings. The molecule has 2 heterocycles. The van der Waals surface area contributed by atoms with Crippen molar-refractivity contribution in [1.82, 2.24) is 9.88 Å². The number of hydrogen-bond acceptors (Lipinski definition) is 1. The Balaban J connectivity index is 2.26. The van der Waals surface area contributed by atoms with E-state index in [1.54, 1.807) is 5.56 Å². The molecule has 2 rings (SSSR count). The Bertz CT molecular complexity index is 329. The fourth-order valence-corrected chi connectivity index (χ4v) is 3.03. The molecular formula is C14H24N2. The predicted molar refractivity (Wildman–Crippen MR) is 68.6 cm³/mol. The molecule has 1 aromatic rings. The van der Waals surface area contributed by atoms with Crippen LogP contribution >= 0.6 is 0 Å². The van der Waals surface area contributed by atoms with Gasteiger partial charge < -0.3 is 4.98 Å². The second kappa shape index (κ2) is 5.05. The van der Waals surface area contributed by atoms with E-state index in [2.05, 4.69) is 42.9 Å². The molecule has 0 aromatic carbocycles. The third-order valence-electron chi connectivity index (χ3n) is 3.74. The second-order valence-corrected chi connectivity index (χ2v) is 5.01. The number of nitrogens with zero attached hydrogens (tertiary/aromatic N) is 1. The van der Waals surface area contributed by atoms with Crippen molar-refractivity contribution in [3.8, 4) is 0 Å². The lowest BCUT2D eigenvalue weighted by atomic mass is 9.91. The molecule has 0 radical (unpaired) electrons. The standard InChI is InChI=1S/C14H24N2/c1-4-6-14-12-7-8-15-13(12)10-11(3)16(14)9-5-2/h7-8,11,14-15H,4-6,9-10H2,1-3H3/t11-,14-/m0/s1. The monoisotopic (exact) mass is 220 g/mol. The summed E-state index contributed by atoms with van der Waals surface area (Å²) < 4.78 is 0. The molecule has 1 N–H and O–H groups in total. The van der Waals surface area contributed by atoms with Crippen molar-refractivity contribution in [2.45, 2.75) is 58.5 Å². The Morgan fingerprint density at radius 2 is 2.19 bits per heavy atom. The molecule has 2 heteroatoms. The summed E-state index contributed by atoms with van der Waals surface area (Å²) in [5.41, 5.74) is 3.02. The number of fused-ring (bicyclic) bond motifs is 1. The molecule has 0 bridgehead atoms. The van der Waals surface area contributed by atoms with Gasteiger partial charge in [-0.1, -0.05) is 20.3 Å². The maximum atomic E-state index is 3.41. The zero-order valence-corrected chi connectivity index (χ0v) is 10.8. The molecule has 90 valence electrons. The quantitative estimate of drug-likeness (QED) is 0.822. The molecule has 0 spiro atoms. The van der Waals surface area contributed by atoms with Crippen LogP contribution in [0, 0.1) is 0 Å². The Morgan fingerprint density at radius 3 is 2.88 bits per heavy atom. The van der Waals surface area contributed by atoms with E-state index < -0.39 is 0 Å². The fraction of sp³-hybridized carbons (Fsp3) is 0.714. The SMILES string of the molecule is CCC[C@H]1c2cc[nH]c2C[C@H](C)N1CCC. The van der Waals surface area contributed by atoms with E-state index in [1.807, 2.05) is 0 Å². The van der Waals surface area contributed by atoms with E-state index in [-0.39, 0.29) is 0 Å². The minimum absolute atomic E-state index is 0.648. The van der Waals surface area contributed by atoms with Crippen LogP contribution < -0.4 is 0 Å². The predicted octanol–water partition coefficient (Wildman–Crippen LogP) is 3.51. The summed E-state index contributed by atoms with van der Waals surface area (Å²) in [6, 6.07) is 3.61. The molecule has 16 heavy (non-hydrogen) atoms. The van der Waals surface area contributed by atoms with Gasteiger partial charge in [-0.15, -0.1) is 0 Å². The summed E-state index contributed by atoms with van der Waals surface area (Å²) in [4.78, 5) is 6.11. The van der Waals surface area contributed by atoms with Crippen molar-refractivity contribution < 1.29 is 0 Å². The average molecular weight is 220 g/mol. The van der Waals surface area contributed by atoms with Crippen molar-refractivity contribution in [2.24, 2.45) is 0 Å². The first-order valence-corrected chi connectivity index (χ1v) is 6.69. The smallest absolute Gasteiger partial charge is 0.0368 e. The minimum atomic E-state index is 0.648. The Kier molecular flexibility index (Phi) is 3.70. The number of rotatable bonds is 4. The van der Waals surface area contributed by atoms with Crippen molar-refractivity contribution in [3.63, 3.8) is 0 Å². The molecule has 0 aliphatic carbocycles. The zero-order valence-electron chi connectivity index (χ0n) is 10.8. The van der Waals surface area contributed by atoms with Crippen LogP contribution in [0.5, 0.6) is 0 Å². The van der Waals surface area contributed by atoms with Gasteiger partial charge in [-0.3, -0.25) is 4.90 Å². The van der Waals surface area contributed by atoms with Crippen LogP contribution in [0.3, 0.4) is 0 Å². The van der Waals surface area contributed by atoms with Crippen LogP contribution in [-0.4, -0.2) is 22.5 Å². The highest BCUT2D eigenvalue weighted by Crippen LogP contribution is 2.35. The van der Waals surface area contributed by atoms with Crippen molar-refractivity contribution >= 4 is 0 Å². The van der Waals surface area contributed by atoms with Gasteiger partial charge in [0.2, 0.25) is 0 Å². The topological polar surface area (TPSA) is 19.0 Å². The summed E-state index contributed by atoms with van der Waals surface area (Å²) in [5.74, 6) is 0. The van der Waals surface area contributed by atoms with E-state index in [1.165, 1.54) is 37.9 Å². The summed E-state index contributed by atoms with van der Waals surface area (Å²) in [6.45, 7) is 8.16. The van der Waals surface area contributed by atoms with Crippen LogP contribution in [0.2, 0.25) is 0 Å². The van der Waals surface area contributed by atoms with Gasteiger partial charge >= 0.3 is 0 Å². The Morgan fingerprint density at radius 1 is 1.38 bits per heavy atom. The highest BCUT2D eigenvalue weighted by Gasteiger charge is 2.31. The molecule has 0 amide bonds. The molecule has 1 aliphatic rings. The lowest BCUT2D eigenvalue weighted by Crippen LogP contribution is -2.42. The molecule has 0 saturated heterocycles. The second-order valence-electron chi connectivity index (χ2n) is 5.01. The molecule has 2 nitrogen and oxygen atoms in total. The first-order valence-electron chi connectivity index (χ1n) is 6.69. The van der Waals surface area contributed by atoms with Crippen LogP contribution in [0.1, 0.15) is 57.3 Å². The van der Waals surface area contributed by atoms with Gasteiger partial charge in [0.1, 0.15) is 0 Å². The number of H-pyrrole nitrogens is 1. The van der Waals surface area contributed by atoms with E-state index >= 15 is 0 Å². The van der Waals surface area contributed by atoms with Gasteiger partial charge in [-0.25, -0.2) is 0 Å². The van der Waals surface area contributed by atoms with Crippen LogP contribution in [0.4, 0.5) is 0 Å².